The van der Waals surface area contributed by atoms with Crippen LogP contribution in [-0.2, 0) is 16.0 Å². The number of hydrogen-bond acceptors (Lipinski definition) is 4. The number of ether oxygens (including phenoxy) is 1. The molecule has 1 heterocycles. The largest absolute Gasteiger partial charge is 0.451 e. The number of carbonyl (C=O) groups is 2. The molecule has 0 saturated heterocycles. The maximum absolute atomic E-state index is 11.9. The third kappa shape index (κ3) is 5.88. The van der Waals surface area contributed by atoms with Crippen LogP contribution in [0.5, 0.6) is 0 Å². The molecule has 25 heavy (non-hydrogen) atoms. The van der Waals surface area contributed by atoms with Crippen molar-refractivity contribution in [1.29, 1.82) is 0 Å². The second-order valence-corrected chi connectivity index (χ2v) is 6.26. The number of carbonyl (C=O) groups excluding carboxylic acids is 2. The van der Waals surface area contributed by atoms with Crippen LogP contribution in [0.3, 0.4) is 0 Å². The van der Waals surface area contributed by atoms with Crippen LogP contribution in [-0.4, -0.2) is 30.0 Å². The van der Waals surface area contributed by atoms with Crippen LogP contribution in [0.15, 0.2) is 36.5 Å². The molecule has 8 heteroatoms. The zero-order chi connectivity index (χ0) is 18.2. The van der Waals surface area contributed by atoms with Crippen molar-refractivity contribution in [3.05, 3.63) is 62.9 Å². The molecule has 0 atom stereocenters. The van der Waals surface area contributed by atoms with E-state index in [1.807, 2.05) is 30.3 Å². The van der Waals surface area contributed by atoms with Crippen LogP contribution in [0.2, 0.25) is 15.1 Å². The molecule has 2 rings (SSSR count). The number of nitrogens with one attached hydrogen (secondary N) is 1. The molecule has 0 bridgehead atoms. The molecule has 0 fully saturated rings. The lowest BCUT2D eigenvalue weighted by atomic mass is 10.1. The van der Waals surface area contributed by atoms with E-state index in [0.29, 0.717) is 6.54 Å². The molecule has 0 aliphatic heterocycles. The average Bonchev–Trinajstić information content (AvgIpc) is 2.62. The van der Waals surface area contributed by atoms with Crippen LogP contribution in [0.25, 0.3) is 0 Å². The van der Waals surface area contributed by atoms with E-state index in [9.17, 15) is 9.59 Å². The first-order valence-corrected chi connectivity index (χ1v) is 8.59. The Labute approximate surface area is 160 Å². The SMILES string of the molecule is O=C(COC(=O)c1ncc(Cl)c(Cl)c1Cl)NCCCc1ccccc1. The molecule has 0 aliphatic rings. The molecular weight excluding hydrogens is 387 g/mol. The van der Waals surface area contributed by atoms with Gasteiger partial charge in [-0.25, -0.2) is 9.78 Å². The Kier molecular flexibility index (Phi) is 7.50. The van der Waals surface area contributed by atoms with E-state index in [1.54, 1.807) is 0 Å². The number of benzene rings is 1. The van der Waals surface area contributed by atoms with E-state index in [4.69, 9.17) is 39.5 Å². The Morgan fingerprint density at radius 1 is 1.08 bits per heavy atom. The van der Waals surface area contributed by atoms with Crippen molar-refractivity contribution in [3.63, 3.8) is 0 Å². The van der Waals surface area contributed by atoms with Crippen LogP contribution < -0.4 is 5.32 Å². The van der Waals surface area contributed by atoms with Crippen molar-refractivity contribution in [2.75, 3.05) is 13.2 Å². The minimum atomic E-state index is -0.844. The number of aromatic nitrogens is 1. The minimum absolute atomic E-state index is 0.00986. The lowest BCUT2D eigenvalue weighted by Crippen LogP contribution is -2.30. The number of aryl methyl sites for hydroxylation is 1. The van der Waals surface area contributed by atoms with Crippen LogP contribution in [0, 0.1) is 0 Å². The van der Waals surface area contributed by atoms with Gasteiger partial charge in [0.15, 0.2) is 12.3 Å². The lowest BCUT2D eigenvalue weighted by Gasteiger charge is -2.08. The molecule has 1 aromatic heterocycles. The summed E-state index contributed by atoms with van der Waals surface area (Å²) in [7, 11) is 0. The molecule has 0 saturated carbocycles. The second kappa shape index (κ2) is 9.61. The molecule has 0 spiro atoms. The van der Waals surface area contributed by atoms with E-state index in [0.717, 1.165) is 12.8 Å². The van der Waals surface area contributed by atoms with Gasteiger partial charge in [0.2, 0.25) is 0 Å². The Balaban J connectivity index is 1.73. The number of amides is 1. The summed E-state index contributed by atoms with van der Waals surface area (Å²) in [6, 6.07) is 9.94. The van der Waals surface area contributed by atoms with Gasteiger partial charge >= 0.3 is 5.97 Å². The summed E-state index contributed by atoms with van der Waals surface area (Å²) >= 11 is 17.5. The topological polar surface area (TPSA) is 68.3 Å². The maximum Gasteiger partial charge on any atom is 0.359 e. The maximum atomic E-state index is 11.9. The molecule has 2 aromatic rings. The Hall–Kier alpha value is -1.82. The summed E-state index contributed by atoms with van der Waals surface area (Å²) < 4.78 is 4.88. The highest BCUT2D eigenvalue weighted by atomic mass is 35.5. The summed E-state index contributed by atoms with van der Waals surface area (Å²) in [5.41, 5.74) is 1.01. The molecule has 5 nitrogen and oxygen atoms in total. The first-order valence-electron chi connectivity index (χ1n) is 7.46. The monoisotopic (exact) mass is 400 g/mol. The summed E-state index contributed by atoms with van der Waals surface area (Å²) in [6.45, 7) is 0.0550. The first-order chi connectivity index (χ1) is 12.0. The van der Waals surface area contributed by atoms with E-state index in [2.05, 4.69) is 10.3 Å². The lowest BCUT2D eigenvalue weighted by molar-refractivity contribution is -0.124. The minimum Gasteiger partial charge on any atom is -0.451 e. The number of nitrogens with zero attached hydrogens (tertiary/aromatic N) is 1. The summed E-state index contributed by atoms with van der Waals surface area (Å²) in [5.74, 6) is -1.25. The van der Waals surface area contributed by atoms with Gasteiger partial charge in [0.1, 0.15) is 0 Å². The van der Waals surface area contributed by atoms with Crippen molar-refractivity contribution in [3.8, 4) is 0 Å². The highest BCUT2D eigenvalue weighted by molar-refractivity contribution is 6.48. The van der Waals surface area contributed by atoms with Gasteiger partial charge in [-0.1, -0.05) is 65.1 Å². The highest BCUT2D eigenvalue weighted by Crippen LogP contribution is 2.31. The first kappa shape index (κ1) is 19.5. The third-order valence-corrected chi connectivity index (χ3v) is 4.49. The van der Waals surface area contributed by atoms with E-state index in [1.165, 1.54) is 11.8 Å². The Morgan fingerprint density at radius 2 is 1.80 bits per heavy atom. The van der Waals surface area contributed by atoms with Gasteiger partial charge < -0.3 is 10.1 Å². The average molecular weight is 402 g/mol. The predicted octanol–water partition coefficient (Wildman–Crippen LogP) is 3.95. The van der Waals surface area contributed by atoms with Gasteiger partial charge in [0.05, 0.1) is 15.1 Å². The van der Waals surface area contributed by atoms with Gasteiger partial charge in [-0.3, -0.25) is 4.79 Å². The fourth-order valence-electron chi connectivity index (χ4n) is 2.00. The van der Waals surface area contributed by atoms with Gasteiger partial charge in [0.25, 0.3) is 5.91 Å². The number of esters is 1. The number of rotatable bonds is 7. The molecule has 1 amide bonds. The summed E-state index contributed by atoms with van der Waals surface area (Å²) in [5, 5.41) is 2.70. The van der Waals surface area contributed by atoms with Gasteiger partial charge in [-0.15, -0.1) is 0 Å². The van der Waals surface area contributed by atoms with Crippen molar-refractivity contribution >= 4 is 46.7 Å². The van der Waals surface area contributed by atoms with Crippen molar-refractivity contribution in [1.82, 2.24) is 10.3 Å². The smallest absolute Gasteiger partial charge is 0.359 e. The van der Waals surface area contributed by atoms with Crippen LogP contribution >= 0.6 is 34.8 Å². The molecule has 1 N–H and O–H groups in total. The van der Waals surface area contributed by atoms with Crippen molar-refractivity contribution in [2.45, 2.75) is 12.8 Å². The summed E-state index contributed by atoms with van der Waals surface area (Å²) in [4.78, 5) is 27.4. The zero-order valence-corrected chi connectivity index (χ0v) is 15.4. The quantitative estimate of drug-likeness (QED) is 0.563. The van der Waals surface area contributed by atoms with Gasteiger partial charge in [-0.05, 0) is 18.4 Å². The van der Waals surface area contributed by atoms with Gasteiger partial charge in [0, 0.05) is 12.7 Å². The van der Waals surface area contributed by atoms with E-state index >= 15 is 0 Å². The molecule has 0 unspecified atom stereocenters. The second-order valence-electron chi connectivity index (χ2n) is 5.10. The molecule has 1 aromatic carbocycles. The normalized spacial score (nSPS) is 10.4. The molecular formula is C17H15Cl3N2O3. The van der Waals surface area contributed by atoms with Crippen molar-refractivity contribution in [2.24, 2.45) is 0 Å². The van der Waals surface area contributed by atoms with Crippen LogP contribution in [0.1, 0.15) is 22.5 Å². The number of pyridine rings is 1. The Morgan fingerprint density at radius 3 is 2.52 bits per heavy atom. The molecule has 132 valence electrons. The van der Waals surface area contributed by atoms with Crippen LogP contribution in [0.4, 0.5) is 0 Å². The standard InChI is InChI=1S/C17H15Cl3N2O3/c18-12-9-22-16(15(20)14(12)19)17(24)25-10-13(23)21-8-4-7-11-5-2-1-3-6-11/h1-3,5-6,9H,4,7-8,10H2,(H,21,23). The Bertz CT molecular complexity index is 754. The number of hydrogen-bond donors (Lipinski definition) is 1. The van der Waals surface area contributed by atoms with E-state index in [-0.39, 0.29) is 20.8 Å². The fraction of sp³-hybridized carbons (Fsp3) is 0.235. The van der Waals surface area contributed by atoms with E-state index < -0.39 is 18.5 Å². The van der Waals surface area contributed by atoms with Gasteiger partial charge in [-0.2, -0.15) is 0 Å². The number of halogens is 3. The zero-order valence-electron chi connectivity index (χ0n) is 13.1. The summed E-state index contributed by atoms with van der Waals surface area (Å²) in [6.07, 6.45) is 2.82. The fourth-order valence-corrected chi connectivity index (χ4v) is 2.56. The highest BCUT2D eigenvalue weighted by Gasteiger charge is 2.19. The third-order valence-electron chi connectivity index (χ3n) is 3.25. The van der Waals surface area contributed by atoms with Crippen molar-refractivity contribution < 1.29 is 14.3 Å². The predicted molar refractivity (Wildman–Crippen MR) is 97.3 cm³/mol. The molecule has 0 radical (unpaired) electrons. The molecule has 0 aliphatic carbocycles.